The lowest BCUT2D eigenvalue weighted by atomic mass is 10.0. The van der Waals surface area contributed by atoms with E-state index in [4.69, 9.17) is 10.5 Å². The fourth-order valence-electron chi connectivity index (χ4n) is 2.17. The minimum Gasteiger partial charge on any atom is -0.379 e. The molecule has 0 radical (unpaired) electrons. The van der Waals surface area contributed by atoms with Crippen molar-refractivity contribution in [2.75, 3.05) is 32.8 Å². The van der Waals surface area contributed by atoms with Crippen LogP contribution in [0.5, 0.6) is 0 Å². The highest BCUT2D eigenvalue weighted by molar-refractivity contribution is 5.24. The van der Waals surface area contributed by atoms with Gasteiger partial charge in [0.1, 0.15) is 0 Å². The Morgan fingerprint density at radius 3 is 2.44 bits per heavy atom. The molecule has 1 atom stereocenters. The SMILES string of the molecule is Cc1ccc(C(CN)N2CCOCC2)cc1. The highest BCUT2D eigenvalue weighted by atomic mass is 16.5. The summed E-state index contributed by atoms with van der Waals surface area (Å²) in [6, 6.07) is 9.01. The lowest BCUT2D eigenvalue weighted by molar-refractivity contribution is 0.0179. The van der Waals surface area contributed by atoms with Crippen molar-refractivity contribution < 1.29 is 4.74 Å². The Labute approximate surface area is 97.2 Å². The fourth-order valence-corrected chi connectivity index (χ4v) is 2.17. The Bertz CT molecular complexity index is 317. The van der Waals surface area contributed by atoms with Gasteiger partial charge in [0.2, 0.25) is 0 Å². The maximum absolute atomic E-state index is 5.89. The molecule has 1 fully saturated rings. The topological polar surface area (TPSA) is 38.5 Å². The largest absolute Gasteiger partial charge is 0.379 e. The Kier molecular flexibility index (Phi) is 3.93. The van der Waals surface area contributed by atoms with Gasteiger partial charge < -0.3 is 10.5 Å². The molecular formula is C13H20N2O. The average molecular weight is 220 g/mol. The van der Waals surface area contributed by atoms with Gasteiger partial charge >= 0.3 is 0 Å². The number of morpholine rings is 1. The van der Waals surface area contributed by atoms with Gasteiger partial charge in [-0.05, 0) is 12.5 Å². The Balaban J connectivity index is 2.11. The standard InChI is InChI=1S/C13H20N2O/c1-11-2-4-12(5-3-11)13(10-14)15-6-8-16-9-7-15/h2-5,13H,6-10,14H2,1H3. The summed E-state index contributed by atoms with van der Waals surface area (Å²) in [6.07, 6.45) is 0. The number of benzene rings is 1. The summed E-state index contributed by atoms with van der Waals surface area (Å²) < 4.78 is 5.37. The summed E-state index contributed by atoms with van der Waals surface area (Å²) in [5, 5.41) is 0. The minimum absolute atomic E-state index is 0.337. The number of ether oxygens (including phenoxy) is 1. The maximum Gasteiger partial charge on any atom is 0.0594 e. The van der Waals surface area contributed by atoms with Crippen molar-refractivity contribution in [1.29, 1.82) is 0 Å². The molecule has 1 aromatic carbocycles. The average Bonchev–Trinajstić information content (AvgIpc) is 2.34. The third-order valence-corrected chi connectivity index (χ3v) is 3.17. The van der Waals surface area contributed by atoms with Crippen molar-refractivity contribution in [1.82, 2.24) is 4.90 Å². The molecule has 0 saturated carbocycles. The molecule has 1 unspecified atom stereocenters. The second kappa shape index (κ2) is 5.43. The predicted octanol–water partition coefficient (Wildman–Crippen LogP) is 1.33. The first-order chi connectivity index (χ1) is 7.81. The molecule has 0 amide bonds. The van der Waals surface area contributed by atoms with E-state index in [1.807, 2.05) is 0 Å². The summed E-state index contributed by atoms with van der Waals surface area (Å²) >= 11 is 0. The molecule has 2 rings (SSSR count). The third-order valence-electron chi connectivity index (χ3n) is 3.17. The Morgan fingerprint density at radius 1 is 1.25 bits per heavy atom. The smallest absolute Gasteiger partial charge is 0.0594 e. The van der Waals surface area contributed by atoms with Gasteiger partial charge in [-0.1, -0.05) is 29.8 Å². The van der Waals surface area contributed by atoms with Crippen LogP contribution in [0.3, 0.4) is 0 Å². The van der Waals surface area contributed by atoms with Crippen LogP contribution in [0.4, 0.5) is 0 Å². The Morgan fingerprint density at radius 2 is 1.88 bits per heavy atom. The zero-order valence-electron chi connectivity index (χ0n) is 9.86. The van der Waals surface area contributed by atoms with Gasteiger partial charge in [0.05, 0.1) is 13.2 Å². The van der Waals surface area contributed by atoms with Crippen molar-refractivity contribution in [2.24, 2.45) is 5.73 Å². The first kappa shape index (κ1) is 11.6. The van der Waals surface area contributed by atoms with Crippen molar-refractivity contribution in [3.05, 3.63) is 35.4 Å². The summed E-state index contributed by atoms with van der Waals surface area (Å²) in [5.41, 5.74) is 8.50. The fraction of sp³-hybridized carbons (Fsp3) is 0.538. The highest BCUT2D eigenvalue weighted by Gasteiger charge is 2.20. The summed E-state index contributed by atoms with van der Waals surface area (Å²) in [4.78, 5) is 2.41. The van der Waals surface area contributed by atoms with E-state index in [1.165, 1.54) is 11.1 Å². The van der Waals surface area contributed by atoms with E-state index in [0.717, 1.165) is 26.3 Å². The predicted molar refractivity (Wildman–Crippen MR) is 65.4 cm³/mol. The number of aryl methyl sites for hydroxylation is 1. The van der Waals surface area contributed by atoms with Gasteiger partial charge in [0.25, 0.3) is 0 Å². The van der Waals surface area contributed by atoms with Gasteiger partial charge in [0, 0.05) is 25.7 Å². The molecule has 0 aromatic heterocycles. The highest BCUT2D eigenvalue weighted by Crippen LogP contribution is 2.20. The second-order valence-electron chi connectivity index (χ2n) is 4.31. The molecule has 16 heavy (non-hydrogen) atoms. The lowest BCUT2D eigenvalue weighted by Crippen LogP contribution is -2.41. The van der Waals surface area contributed by atoms with E-state index in [2.05, 4.69) is 36.1 Å². The number of hydrogen-bond donors (Lipinski definition) is 1. The van der Waals surface area contributed by atoms with E-state index < -0.39 is 0 Å². The van der Waals surface area contributed by atoms with E-state index in [1.54, 1.807) is 0 Å². The van der Waals surface area contributed by atoms with E-state index in [-0.39, 0.29) is 0 Å². The van der Waals surface area contributed by atoms with Crippen LogP contribution in [0.2, 0.25) is 0 Å². The first-order valence-electron chi connectivity index (χ1n) is 5.89. The maximum atomic E-state index is 5.89. The molecule has 1 aliphatic rings. The molecule has 3 heteroatoms. The molecule has 0 spiro atoms. The van der Waals surface area contributed by atoms with Crippen LogP contribution in [-0.2, 0) is 4.74 Å². The molecule has 1 saturated heterocycles. The van der Waals surface area contributed by atoms with Crippen LogP contribution < -0.4 is 5.73 Å². The molecule has 1 aliphatic heterocycles. The first-order valence-corrected chi connectivity index (χ1v) is 5.89. The number of nitrogens with two attached hydrogens (primary N) is 1. The van der Waals surface area contributed by atoms with Crippen LogP contribution in [0.25, 0.3) is 0 Å². The summed E-state index contributed by atoms with van der Waals surface area (Å²) in [6.45, 7) is 6.38. The van der Waals surface area contributed by atoms with Crippen molar-refractivity contribution >= 4 is 0 Å². The summed E-state index contributed by atoms with van der Waals surface area (Å²) in [5.74, 6) is 0. The van der Waals surface area contributed by atoms with Crippen LogP contribution >= 0.6 is 0 Å². The van der Waals surface area contributed by atoms with Crippen LogP contribution in [0.1, 0.15) is 17.2 Å². The molecule has 88 valence electrons. The quantitative estimate of drug-likeness (QED) is 0.835. The minimum atomic E-state index is 0.337. The molecular weight excluding hydrogens is 200 g/mol. The normalized spacial score (nSPS) is 19.6. The van der Waals surface area contributed by atoms with E-state index in [9.17, 15) is 0 Å². The number of nitrogens with zero attached hydrogens (tertiary/aromatic N) is 1. The van der Waals surface area contributed by atoms with Crippen molar-refractivity contribution in [3.8, 4) is 0 Å². The van der Waals surface area contributed by atoms with Gasteiger partial charge in [-0.3, -0.25) is 4.90 Å². The number of rotatable bonds is 3. The second-order valence-corrected chi connectivity index (χ2v) is 4.31. The molecule has 0 aliphatic carbocycles. The Hall–Kier alpha value is -0.900. The molecule has 2 N–H and O–H groups in total. The van der Waals surface area contributed by atoms with E-state index >= 15 is 0 Å². The van der Waals surface area contributed by atoms with Crippen LogP contribution in [0.15, 0.2) is 24.3 Å². The zero-order chi connectivity index (χ0) is 11.4. The molecule has 3 nitrogen and oxygen atoms in total. The molecule has 0 bridgehead atoms. The van der Waals surface area contributed by atoms with Gasteiger partial charge in [-0.25, -0.2) is 0 Å². The number of hydrogen-bond acceptors (Lipinski definition) is 3. The summed E-state index contributed by atoms with van der Waals surface area (Å²) in [7, 11) is 0. The van der Waals surface area contributed by atoms with Gasteiger partial charge in [0.15, 0.2) is 0 Å². The zero-order valence-corrected chi connectivity index (χ0v) is 9.86. The van der Waals surface area contributed by atoms with Crippen molar-refractivity contribution in [3.63, 3.8) is 0 Å². The van der Waals surface area contributed by atoms with E-state index in [0.29, 0.717) is 12.6 Å². The monoisotopic (exact) mass is 220 g/mol. The lowest BCUT2D eigenvalue weighted by Gasteiger charge is -2.34. The molecule has 1 aromatic rings. The van der Waals surface area contributed by atoms with Crippen LogP contribution in [-0.4, -0.2) is 37.7 Å². The third kappa shape index (κ3) is 2.61. The van der Waals surface area contributed by atoms with Crippen LogP contribution in [0, 0.1) is 6.92 Å². The molecule has 1 heterocycles. The van der Waals surface area contributed by atoms with Gasteiger partial charge in [-0.15, -0.1) is 0 Å². The van der Waals surface area contributed by atoms with Gasteiger partial charge in [-0.2, -0.15) is 0 Å². The van der Waals surface area contributed by atoms with Crippen molar-refractivity contribution in [2.45, 2.75) is 13.0 Å².